The molecule has 3 nitrogen and oxygen atoms in total. The fraction of sp³-hybridized carbons (Fsp3) is 0.333. The van der Waals surface area contributed by atoms with Crippen LogP contribution in [0.5, 0.6) is 0 Å². The fourth-order valence-electron chi connectivity index (χ4n) is 2.85. The van der Waals surface area contributed by atoms with Gasteiger partial charge in [0.05, 0.1) is 12.7 Å². The van der Waals surface area contributed by atoms with Gasteiger partial charge in [-0.15, -0.1) is 0 Å². The van der Waals surface area contributed by atoms with E-state index in [4.69, 9.17) is 10.5 Å². The number of hydrogen-bond donors (Lipinski definition) is 2. The molecule has 0 saturated heterocycles. The molecule has 1 aliphatic rings. The largest absolute Gasteiger partial charge is 0.383 e. The number of nitrogens with one attached hydrogen (secondary N) is 1. The Labute approximate surface area is 126 Å². The smallest absolute Gasteiger partial charge is 0.0867 e. The summed E-state index contributed by atoms with van der Waals surface area (Å²) in [6.45, 7) is 4.24. The topological polar surface area (TPSA) is 47.3 Å². The summed E-state index contributed by atoms with van der Waals surface area (Å²) < 4.78 is 6.06. The van der Waals surface area contributed by atoms with Crippen molar-refractivity contribution in [2.75, 3.05) is 18.5 Å². The number of benzene rings is 2. The molecule has 21 heavy (non-hydrogen) atoms. The third-order valence-electron chi connectivity index (χ3n) is 3.96. The summed E-state index contributed by atoms with van der Waals surface area (Å²) in [6, 6.07) is 15.0. The average molecular weight is 282 g/mol. The van der Waals surface area contributed by atoms with Gasteiger partial charge in [-0.2, -0.15) is 0 Å². The Bertz CT molecular complexity index is 624. The summed E-state index contributed by atoms with van der Waals surface area (Å²) >= 11 is 0. The number of hydrogen-bond acceptors (Lipinski definition) is 3. The number of rotatable bonds is 2. The van der Waals surface area contributed by atoms with Gasteiger partial charge in [-0.3, -0.25) is 0 Å². The van der Waals surface area contributed by atoms with Crippen LogP contribution in [-0.4, -0.2) is 13.2 Å². The van der Waals surface area contributed by atoms with E-state index in [0.717, 1.165) is 19.6 Å². The maximum Gasteiger partial charge on any atom is 0.0867 e. The lowest BCUT2D eigenvalue weighted by Gasteiger charge is -2.24. The Morgan fingerprint density at radius 2 is 2.14 bits per heavy atom. The SMILES string of the molecule is Cc1cccc(C2Cc3cc(CN)ccc3NCCO2)c1. The van der Waals surface area contributed by atoms with Crippen molar-refractivity contribution in [1.29, 1.82) is 0 Å². The normalized spacial score (nSPS) is 18.3. The fourth-order valence-corrected chi connectivity index (χ4v) is 2.85. The predicted octanol–water partition coefficient (Wildman–Crippen LogP) is 3.18. The Balaban J connectivity index is 1.93. The Morgan fingerprint density at radius 3 is 2.95 bits per heavy atom. The molecule has 3 rings (SSSR count). The maximum atomic E-state index is 6.06. The standard InChI is InChI=1S/C18H22N2O/c1-13-3-2-4-15(9-13)18-11-16-10-14(12-19)5-6-17(16)20-7-8-21-18/h2-6,9-10,18,20H,7-8,11-12,19H2,1H3. The molecule has 110 valence electrons. The van der Waals surface area contributed by atoms with Gasteiger partial charge in [0.25, 0.3) is 0 Å². The molecule has 0 aromatic heterocycles. The molecule has 3 N–H and O–H groups in total. The van der Waals surface area contributed by atoms with E-state index < -0.39 is 0 Å². The van der Waals surface area contributed by atoms with E-state index in [1.165, 1.54) is 27.9 Å². The van der Waals surface area contributed by atoms with Crippen LogP contribution in [0.4, 0.5) is 5.69 Å². The van der Waals surface area contributed by atoms with E-state index in [2.05, 4.69) is 54.7 Å². The van der Waals surface area contributed by atoms with Gasteiger partial charge >= 0.3 is 0 Å². The monoisotopic (exact) mass is 282 g/mol. The van der Waals surface area contributed by atoms with Crippen molar-refractivity contribution in [3.8, 4) is 0 Å². The van der Waals surface area contributed by atoms with Crippen molar-refractivity contribution in [2.24, 2.45) is 5.73 Å². The van der Waals surface area contributed by atoms with Crippen LogP contribution in [0.25, 0.3) is 0 Å². The molecule has 0 aliphatic carbocycles. The highest BCUT2D eigenvalue weighted by Crippen LogP contribution is 2.29. The van der Waals surface area contributed by atoms with Crippen LogP contribution in [0.1, 0.15) is 28.4 Å². The second-order valence-electron chi connectivity index (χ2n) is 5.60. The number of aryl methyl sites for hydroxylation is 1. The average Bonchev–Trinajstić information content (AvgIpc) is 2.47. The predicted molar refractivity (Wildman–Crippen MR) is 86.4 cm³/mol. The summed E-state index contributed by atoms with van der Waals surface area (Å²) in [6.07, 6.45) is 0.985. The first-order valence-corrected chi connectivity index (χ1v) is 7.50. The van der Waals surface area contributed by atoms with Crippen LogP contribution in [0.3, 0.4) is 0 Å². The molecule has 0 spiro atoms. The van der Waals surface area contributed by atoms with Gasteiger partial charge < -0.3 is 15.8 Å². The molecule has 2 aromatic carbocycles. The van der Waals surface area contributed by atoms with Crippen molar-refractivity contribution in [1.82, 2.24) is 0 Å². The van der Waals surface area contributed by atoms with Crippen molar-refractivity contribution in [2.45, 2.75) is 26.0 Å². The van der Waals surface area contributed by atoms with Crippen molar-refractivity contribution < 1.29 is 4.74 Å². The first kappa shape index (κ1) is 14.1. The van der Waals surface area contributed by atoms with E-state index in [1.54, 1.807) is 0 Å². The summed E-state index contributed by atoms with van der Waals surface area (Å²) in [4.78, 5) is 0. The molecule has 0 saturated carbocycles. The molecule has 0 fully saturated rings. The number of ether oxygens (including phenoxy) is 1. The number of anilines is 1. The maximum absolute atomic E-state index is 6.06. The third-order valence-corrected chi connectivity index (χ3v) is 3.96. The molecule has 1 heterocycles. The molecule has 2 aromatic rings. The van der Waals surface area contributed by atoms with Gasteiger partial charge in [-0.05, 0) is 29.7 Å². The van der Waals surface area contributed by atoms with E-state index in [1.807, 2.05) is 0 Å². The molecule has 3 heteroatoms. The Kier molecular flexibility index (Phi) is 4.23. The van der Waals surface area contributed by atoms with Crippen molar-refractivity contribution in [3.63, 3.8) is 0 Å². The number of nitrogens with two attached hydrogens (primary N) is 1. The molecule has 1 aliphatic heterocycles. The van der Waals surface area contributed by atoms with Crippen LogP contribution in [0.2, 0.25) is 0 Å². The zero-order chi connectivity index (χ0) is 14.7. The quantitative estimate of drug-likeness (QED) is 0.889. The minimum atomic E-state index is 0.110. The first-order chi connectivity index (χ1) is 10.3. The second-order valence-corrected chi connectivity index (χ2v) is 5.60. The summed E-state index contributed by atoms with van der Waals surface area (Å²) in [7, 11) is 0. The van der Waals surface area contributed by atoms with Crippen LogP contribution < -0.4 is 11.1 Å². The molecule has 0 radical (unpaired) electrons. The van der Waals surface area contributed by atoms with E-state index in [9.17, 15) is 0 Å². The summed E-state index contributed by atoms with van der Waals surface area (Å²) in [5.74, 6) is 0. The van der Waals surface area contributed by atoms with E-state index >= 15 is 0 Å². The summed E-state index contributed by atoms with van der Waals surface area (Å²) in [5, 5.41) is 3.43. The molecular formula is C18H22N2O. The van der Waals surface area contributed by atoms with Gasteiger partial charge in [-0.25, -0.2) is 0 Å². The van der Waals surface area contributed by atoms with Gasteiger partial charge in [-0.1, -0.05) is 42.0 Å². The van der Waals surface area contributed by atoms with Crippen LogP contribution >= 0.6 is 0 Å². The highest BCUT2D eigenvalue weighted by atomic mass is 16.5. The highest BCUT2D eigenvalue weighted by Gasteiger charge is 2.18. The number of fused-ring (bicyclic) bond motifs is 1. The van der Waals surface area contributed by atoms with Gasteiger partial charge in [0.15, 0.2) is 0 Å². The van der Waals surface area contributed by atoms with Gasteiger partial charge in [0, 0.05) is 25.2 Å². The van der Waals surface area contributed by atoms with Gasteiger partial charge in [0.2, 0.25) is 0 Å². The first-order valence-electron chi connectivity index (χ1n) is 7.50. The molecule has 1 atom stereocenters. The minimum Gasteiger partial charge on any atom is -0.383 e. The van der Waals surface area contributed by atoms with Crippen LogP contribution in [0, 0.1) is 6.92 Å². The lowest BCUT2D eigenvalue weighted by Crippen LogP contribution is -2.19. The zero-order valence-electron chi connectivity index (χ0n) is 12.4. The highest BCUT2D eigenvalue weighted by molar-refractivity contribution is 5.53. The minimum absolute atomic E-state index is 0.110. The van der Waals surface area contributed by atoms with Crippen molar-refractivity contribution >= 4 is 5.69 Å². The molecule has 0 amide bonds. The molecule has 1 unspecified atom stereocenters. The lowest BCUT2D eigenvalue weighted by atomic mass is 9.96. The van der Waals surface area contributed by atoms with E-state index in [-0.39, 0.29) is 6.10 Å². The Morgan fingerprint density at radius 1 is 1.24 bits per heavy atom. The van der Waals surface area contributed by atoms with Crippen LogP contribution in [-0.2, 0) is 17.7 Å². The molecule has 0 bridgehead atoms. The van der Waals surface area contributed by atoms with Crippen LogP contribution in [0.15, 0.2) is 42.5 Å². The zero-order valence-corrected chi connectivity index (χ0v) is 12.4. The second kappa shape index (κ2) is 6.29. The lowest BCUT2D eigenvalue weighted by molar-refractivity contribution is 0.0587. The van der Waals surface area contributed by atoms with Crippen molar-refractivity contribution in [3.05, 3.63) is 64.7 Å². The third kappa shape index (κ3) is 3.26. The Hall–Kier alpha value is -1.84. The van der Waals surface area contributed by atoms with Gasteiger partial charge in [0.1, 0.15) is 0 Å². The summed E-state index contributed by atoms with van der Waals surface area (Å²) in [5.41, 5.74) is 11.9. The molecular weight excluding hydrogens is 260 g/mol. The van der Waals surface area contributed by atoms with E-state index in [0.29, 0.717) is 6.54 Å².